The number of nitrogens with zero attached hydrogens (tertiary/aromatic N) is 3. The number of hydrogen-bond donors (Lipinski definition) is 2. The molecule has 1 aromatic heterocycles. The molecule has 82 valence electrons. The summed E-state index contributed by atoms with van der Waals surface area (Å²) in [5.41, 5.74) is 6.63. The third-order valence-corrected chi connectivity index (χ3v) is 2.51. The van der Waals surface area contributed by atoms with Crippen molar-refractivity contribution in [1.29, 1.82) is 0 Å². The Morgan fingerprint density at radius 1 is 1.50 bits per heavy atom. The highest BCUT2D eigenvalue weighted by molar-refractivity contribution is 7.82. The predicted molar refractivity (Wildman–Crippen MR) is 64.6 cm³/mol. The predicted octanol–water partition coefficient (Wildman–Crippen LogP) is 1.60. The number of nitrogens with two attached hydrogens (primary N) is 1. The van der Waals surface area contributed by atoms with Gasteiger partial charge in [0.05, 0.1) is 12.0 Å². The van der Waals surface area contributed by atoms with Gasteiger partial charge < -0.3 is 10.3 Å². The zero-order valence-corrected chi connectivity index (χ0v) is 9.21. The lowest BCUT2D eigenvalue weighted by Crippen LogP contribution is -2.27. The van der Waals surface area contributed by atoms with Crippen molar-refractivity contribution in [1.82, 2.24) is 9.55 Å². The van der Waals surface area contributed by atoms with Gasteiger partial charge in [-0.2, -0.15) is 0 Å². The summed E-state index contributed by atoms with van der Waals surface area (Å²) in [5.74, 6) is 0. The molecule has 0 unspecified atom stereocenters. The van der Waals surface area contributed by atoms with Gasteiger partial charge in [0, 0.05) is 18.1 Å². The highest BCUT2D eigenvalue weighted by atomic mass is 32.1. The number of urea groups is 1. The lowest BCUT2D eigenvalue weighted by molar-refractivity contribution is 0.257. The summed E-state index contributed by atoms with van der Waals surface area (Å²) in [6.07, 6.45) is 5.16. The number of rotatable bonds is 2. The molecule has 0 bridgehead atoms. The molecule has 1 heterocycles. The molecule has 5 nitrogen and oxygen atoms in total. The molecule has 1 aromatic carbocycles. The largest absolute Gasteiger partial charge is 0.350 e. The van der Waals surface area contributed by atoms with Gasteiger partial charge in [-0.15, -0.1) is 0 Å². The average molecular weight is 234 g/mol. The summed E-state index contributed by atoms with van der Waals surface area (Å²) in [4.78, 5) is 14.9. The first-order valence-electron chi connectivity index (χ1n) is 4.55. The van der Waals surface area contributed by atoms with Crippen molar-refractivity contribution in [2.45, 2.75) is 0 Å². The molecule has 0 radical (unpaired) electrons. The highest BCUT2D eigenvalue weighted by Gasteiger charge is 2.08. The van der Waals surface area contributed by atoms with Crippen LogP contribution in [0.25, 0.3) is 5.69 Å². The fourth-order valence-electron chi connectivity index (χ4n) is 1.32. The van der Waals surface area contributed by atoms with E-state index in [1.54, 1.807) is 24.7 Å². The summed E-state index contributed by atoms with van der Waals surface area (Å²) < 4.78 is 2.91. The minimum absolute atomic E-state index is 0.613. The molecule has 2 N–H and O–H groups in total. The Morgan fingerprint density at radius 3 is 2.94 bits per heavy atom. The van der Waals surface area contributed by atoms with Gasteiger partial charge in [0.1, 0.15) is 0 Å². The van der Waals surface area contributed by atoms with E-state index in [9.17, 15) is 4.79 Å². The second-order valence-electron chi connectivity index (χ2n) is 3.14. The summed E-state index contributed by atoms with van der Waals surface area (Å²) in [6.45, 7) is 0. The smallest absolute Gasteiger partial charge is 0.329 e. The molecule has 2 rings (SSSR count). The molecule has 2 aromatic rings. The molecule has 16 heavy (non-hydrogen) atoms. The number of carbonyl (C=O) groups excluding carboxylic acids is 1. The van der Waals surface area contributed by atoms with Crippen LogP contribution in [-0.2, 0) is 0 Å². The van der Waals surface area contributed by atoms with Crippen LogP contribution in [0, 0.1) is 0 Å². The number of aromatic nitrogens is 2. The normalized spacial score (nSPS) is 10.1. The van der Waals surface area contributed by atoms with Crippen LogP contribution in [0.2, 0.25) is 0 Å². The van der Waals surface area contributed by atoms with Crippen LogP contribution >= 0.6 is 12.8 Å². The van der Waals surface area contributed by atoms with Crippen LogP contribution < -0.4 is 10.0 Å². The zero-order chi connectivity index (χ0) is 11.5. The second-order valence-corrected chi connectivity index (χ2v) is 3.54. The van der Waals surface area contributed by atoms with Crippen molar-refractivity contribution in [2.75, 3.05) is 4.31 Å². The first-order chi connectivity index (χ1) is 7.68. The number of hydrogen-bond acceptors (Lipinski definition) is 3. The van der Waals surface area contributed by atoms with Crippen LogP contribution in [0.4, 0.5) is 10.5 Å². The molecule has 0 spiro atoms. The van der Waals surface area contributed by atoms with Gasteiger partial charge in [-0.3, -0.25) is 0 Å². The van der Waals surface area contributed by atoms with Crippen molar-refractivity contribution in [3.05, 3.63) is 43.0 Å². The monoisotopic (exact) mass is 234 g/mol. The van der Waals surface area contributed by atoms with Crippen molar-refractivity contribution in [3.63, 3.8) is 0 Å². The zero-order valence-electron chi connectivity index (χ0n) is 8.32. The Kier molecular flexibility index (Phi) is 2.82. The Balaban J connectivity index is 2.37. The number of thiol groups is 1. The second kappa shape index (κ2) is 4.28. The van der Waals surface area contributed by atoms with E-state index in [1.165, 1.54) is 0 Å². The maximum atomic E-state index is 11.0. The van der Waals surface area contributed by atoms with Crippen LogP contribution in [0.5, 0.6) is 0 Å². The Bertz CT molecular complexity index is 497. The highest BCUT2D eigenvalue weighted by Crippen LogP contribution is 2.19. The number of amides is 2. The van der Waals surface area contributed by atoms with E-state index < -0.39 is 6.03 Å². The Hall–Kier alpha value is -1.95. The van der Waals surface area contributed by atoms with E-state index in [-0.39, 0.29) is 0 Å². The number of benzene rings is 1. The average Bonchev–Trinajstić information content (AvgIpc) is 2.81. The molecule has 0 aliphatic carbocycles. The molecule has 0 saturated carbocycles. The fraction of sp³-hybridized carbons (Fsp3) is 0. The van der Waals surface area contributed by atoms with E-state index in [0.29, 0.717) is 5.69 Å². The third kappa shape index (κ3) is 2.01. The van der Waals surface area contributed by atoms with E-state index in [1.807, 2.05) is 22.9 Å². The summed E-state index contributed by atoms with van der Waals surface area (Å²) in [7, 11) is 0. The third-order valence-electron chi connectivity index (χ3n) is 2.09. The molecule has 2 amide bonds. The van der Waals surface area contributed by atoms with Gasteiger partial charge in [0.15, 0.2) is 0 Å². The first-order valence-corrected chi connectivity index (χ1v) is 4.95. The molecular formula is C10H10N4OS. The van der Waals surface area contributed by atoms with Crippen LogP contribution in [0.15, 0.2) is 43.0 Å². The first kappa shape index (κ1) is 10.6. The van der Waals surface area contributed by atoms with Crippen molar-refractivity contribution in [3.8, 4) is 5.69 Å². The topological polar surface area (TPSA) is 64.2 Å². The van der Waals surface area contributed by atoms with Crippen molar-refractivity contribution >= 4 is 24.5 Å². The number of imidazole rings is 1. The van der Waals surface area contributed by atoms with Crippen LogP contribution in [-0.4, -0.2) is 15.6 Å². The van der Waals surface area contributed by atoms with Crippen LogP contribution in [0.3, 0.4) is 0 Å². The number of anilines is 1. The van der Waals surface area contributed by atoms with E-state index in [0.717, 1.165) is 9.99 Å². The van der Waals surface area contributed by atoms with E-state index in [4.69, 9.17) is 5.73 Å². The quantitative estimate of drug-likeness (QED) is 0.775. The number of primary amides is 1. The lowest BCUT2D eigenvalue weighted by atomic mass is 10.3. The van der Waals surface area contributed by atoms with Gasteiger partial charge in [0.25, 0.3) is 0 Å². The molecular weight excluding hydrogens is 224 g/mol. The molecule has 0 atom stereocenters. The summed E-state index contributed by atoms with van der Waals surface area (Å²) in [5, 5.41) is 0. The lowest BCUT2D eigenvalue weighted by Gasteiger charge is -2.13. The minimum Gasteiger partial charge on any atom is -0.350 e. The maximum absolute atomic E-state index is 11.0. The molecule has 0 aliphatic heterocycles. The Labute approximate surface area is 98.0 Å². The SMILES string of the molecule is NC(=O)N(S)c1cccc(-n2ccnc2)c1. The van der Waals surface area contributed by atoms with E-state index >= 15 is 0 Å². The molecule has 0 aliphatic rings. The molecule has 0 saturated heterocycles. The van der Waals surface area contributed by atoms with Gasteiger partial charge in [-0.05, 0) is 18.2 Å². The van der Waals surface area contributed by atoms with Crippen molar-refractivity contribution < 1.29 is 4.79 Å². The summed E-state index contributed by atoms with van der Waals surface area (Å²) >= 11 is 3.99. The van der Waals surface area contributed by atoms with Gasteiger partial charge in [0.2, 0.25) is 0 Å². The Morgan fingerprint density at radius 2 is 2.31 bits per heavy atom. The van der Waals surface area contributed by atoms with Gasteiger partial charge >= 0.3 is 6.03 Å². The number of carbonyl (C=O) groups is 1. The standard InChI is InChI=1S/C10H10N4OS/c11-10(15)14(16)9-3-1-2-8(6-9)13-5-4-12-7-13/h1-7,16H,(H2,11,15). The van der Waals surface area contributed by atoms with Gasteiger partial charge in [-0.1, -0.05) is 18.9 Å². The fourth-order valence-corrected chi connectivity index (χ4v) is 1.45. The van der Waals surface area contributed by atoms with Gasteiger partial charge in [-0.25, -0.2) is 14.1 Å². The summed E-state index contributed by atoms with van der Waals surface area (Å²) in [6, 6.07) is 6.63. The van der Waals surface area contributed by atoms with E-state index in [2.05, 4.69) is 17.8 Å². The minimum atomic E-state index is -0.619. The molecule has 0 fully saturated rings. The van der Waals surface area contributed by atoms with Crippen LogP contribution in [0.1, 0.15) is 0 Å². The maximum Gasteiger partial charge on any atom is 0.329 e. The molecule has 6 heteroatoms. The van der Waals surface area contributed by atoms with Crippen molar-refractivity contribution in [2.24, 2.45) is 5.73 Å².